The van der Waals surface area contributed by atoms with Gasteiger partial charge in [0.15, 0.2) is 0 Å². The molecule has 0 aliphatic rings. The van der Waals surface area contributed by atoms with E-state index in [0.717, 1.165) is 22.8 Å². The van der Waals surface area contributed by atoms with E-state index in [1.165, 1.54) is 4.88 Å². The van der Waals surface area contributed by atoms with E-state index in [0.29, 0.717) is 5.56 Å². The molecule has 1 heterocycles. The first-order valence-electron chi connectivity index (χ1n) is 6.50. The van der Waals surface area contributed by atoms with Gasteiger partial charge >= 0.3 is 0 Å². The second kappa shape index (κ2) is 5.80. The number of thiazole rings is 1. The van der Waals surface area contributed by atoms with Gasteiger partial charge in [0.25, 0.3) is 0 Å². The molecule has 0 amide bonds. The summed E-state index contributed by atoms with van der Waals surface area (Å²) < 4.78 is 13.6. The summed E-state index contributed by atoms with van der Waals surface area (Å²) in [5, 5.41) is 4.27. The van der Waals surface area contributed by atoms with Crippen LogP contribution in [0.25, 0.3) is 10.6 Å². The number of hydrogen-bond acceptors (Lipinski definition) is 3. The number of hydrogen-bond donors (Lipinski definition) is 1. The lowest BCUT2D eigenvalue weighted by molar-refractivity contribution is 0.603. The number of aromatic nitrogens is 1. The number of halogens is 1. The molecule has 0 spiro atoms. The van der Waals surface area contributed by atoms with Gasteiger partial charge in [0.05, 0.1) is 5.69 Å². The maximum Gasteiger partial charge on any atom is 0.126 e. The van der Waals surface area contributed by atoms with E-state index >= 15 is 0 Å². The minimum Gasteiger partial charge on any atom is -0.310 e. The lowest BCUT2D eigenvalue weighted by Crippen LogP contribution is -2.17. The fraction of sp³-hybridized carbons (Fsp3) is 0.400. The summed E-state index contributed by atoms with van der Waals surface area (Å²) in [6, 6.07) is 5.58. The van der Waals surface area contributed by atoms with Crippen molar-refractivity contribution in [3.63, 3.8) is 0 Å². The van der Waals surface area contributed by atoms with E-state index in [4.69, 9.17) is 0 Å². The average molecular weight is 278 g/mol. The molecule has 1 N–H and O–H groups in total. The predicted octanol–water partition coefficient (Wildman–Crippen LogP) is 4.24. The molecule has 0 aliphatic carbocycles. The Morgan fingerprint density at radius 2 is 2.11 bits per heavy atom. The van der Waals surface area contributed by atoms with Gasteiger partial charge in [0.1, 0.15) is 10.8 Å². The van der Waals surface area contributed by atoms with Crippen molar-refractivity contribution in [1.29, 1.82) is 0 Å². The molecular formula is C15H19FN2S. The van der Waals surface area contributed by atoms with E-state index in [9.17, 15) is 4.39 Å². The minimum atomic E-state index is -0.174. The molecule has 0 fully saturated rings. The van der Waals surface area contributed by atoms with Gasteiger partial charge in [-0.25, -0.2) is 9.37 Å². The van der Waals surface area contributed by atoms with Gasteiger partial charge in [0, 0.05) is 16.5 Å². The first-order valence-corrected chi connectivity index (χ1v) is 7.31. The summed E-state index contributed by atoms with van der Waals surface area (Å²) in [6.07, 6.45) is 0. The van der Waals surface area contributed by atoms with Crippen LogP contribution >= 0.6 is 11.3 Å². The van der Waals surface area contributed by atoms with Crippen LogP contribution in [0.1, 0.15) is 36.0 Å². The van der Waals surface area contributed by atoms with Crippen LogP contribution in [0.4, 0.5) is 4.39 Å². The first-order chi connectivity index (χ1) is 9.02. The Labute approximate surface area is 117 Å². The lowest BCUT2D eigenvalue weighted by atomic mass is 10.1. The van der Waals surface area contributed by atoms with Crippen molar-refractivity contribution in [2.75, 3.05) is 6.54 Å². The summed E-state index contributed by atoms with van der Waals surface area (Å²) in [5.41, 5.74) is 2.54. The molecule has 2 nitrogen and oxygen atoms in total. The van der Waals surface area contributed by atoms with Gasteiger partial charge in [-0.05, 0) is 38.9 Å². The molecule has 0 aliphatic heterocycles. The van der Waals surface area contributed by atoms with Crippen LogP contribution < -0.4 is 5.32 Å². The van der Waals surface area contributed by atoms with Crippen LogP contribution in [0.3, 0.4) is 0 Å². The molecular weight excluding hydrogens is 259 g/mol. The molecule has 0 saturated heterocycles. The van der Waals surface area contributed by atoms with Crippen LogP contribution in [0.5, 0.6) is 0 Å². The molecule has 0 radical (unpaired) electrons. The largest absolute Gasteiger partial charge is 0.310 e. The predicted molar refractivity (Wildman–Crippen MR) is 79.1 cm³/mol. The van der Waals surface area contributed by atoms with Crippen molar-refractivity contribution in [2.24, 2.45) is 0 Å². The molecule has 4 heteroatoms. The third kappa shape index (κ3) is 3.01. The summed E-state index contributed by atoms with van der Waals surface area (Å²) in [4.78, 5) is 5.79. The topological polar surface area (TPSA) is 24.9 Å². The molecule has 102 valence electrons. The SMILES string of the molecule is CCNC(C)c1sc(-c2ccc(C)c(F)c2)nc1C. The summed E-state index contributed by atoms with van der Waals surface area (Å²) in [5.74, 6) is -0.174. The molecule has 1 aromatic carbocycles. The highest BCUT2D eigenvalue weighted by molar-refractivity contribution is 7.15. The van der Waals surface area contributed by atoms with Crippen molar-refractivity contribution in [3.8, 4) is 10.6 Å². The Morgan fingerprint density at radius 1 is 1.37 bits per heavy atom. The Hall–Kier alpha value is -1.26. The standard InChI is InChI=1S/C15H19FN2S/c1-5-17-10(3)14-11(4)18-15(19-14)12-7-6-9(2)13(16)8-12/h6-8,10,17H,5H2,1-4H3. The summed E-state index contributed by atoms with van der Waals surface area (Å²) >= 11 is 1.63. The highest BCUT2D eigenvalue weighted by Crippen LogP contribution is 2.32. The third-order valence-electron chi connectivity index (χ3n) is 3.15. The molecule has 2 aromatic rings. The van der Waals surface area contributed by atoms with E-state index < -0.39 is 0 Å². The summed E-state index contributed by atoms with van der Waals surface area (Å²) in [7, 11) is 0. The Bertz CT molecular complexity index is 578. The number of nitrogens with one attached hydrogen (secondary N) is 1. The molecule has 2 rings (SSSR count). The van der Waals surface area contributed by atoms with Gasteiger partial charge in [0.2, 0.25) is 0 Å². The Balaban J connectivity index is 2.36. The van der Waals surface area contributed by atoms with Crippen molar-refractivity contribution >= 4 is 11.3 Å². The normalized spacial score (nSPS) is 12.7. The Kier molecular flexibility index (Phi) is 4.32. The van der Waals surface area contributed by atoms with Crippen LogP contribution in [0, 0.1) is 19.7 Å². The monoisotopic (exact) mass is 278 g/mol. The zero-order chi connectivity index (χ0) is 14.0. The fourth-order valence-corrected chi connectivity index (χ4v) is 3.15. The highest BCUT2D eigenvalue weighted by atomic mass is 32.1. The van der Waals surface area contributed by atoms with Crippen molar-refractivity contribution in [2.45, 2.75) is 33.7 Å². The Morgan fingerprint density at radius 3 is 2.74 bits per heavy atom. The highest BCUT2D eigenvalue weighted by Gasteiger charge is 2.15. The third-order valence-corrected chi connectivity index (χ3v) is 4.54. The molecule has 19 heavy (non-hydrogen) atoms. The molecule has 0 bridgehead atoms. The van der Waals surface area contributed by atoms with Gasteiger partial charge in [-0.2, -0.15) is 0 Å². The zero-order valence-corrected chi connectivity index (χ0v) is 12.6. The second-order valence-corrected chi connectivity index (χ2v) is 5.74. The number of rotatable bonds is 4. The van der Waals surface area contributed by atoms with Gasteiger partial charge in [-0.15, -0.1) is 11.3 Å². The van der Waals surface area contributed by atoms with Crippen molar-refractivity contribution in [1.82, 2.24) is 10.3 Å². The summed E-state index contributed by atoms with van der Waals surface area (Å²) in [6.45, 7) is 8.91. The molecule has 1 unspecified atom stereocenters. The van der Waals surface area contributed by atoms with Gasteiger partial charge in [-0.3, -0.25) is 0 Å². The maximum atomic E-state index is 13.6. The van der Waals surface area contributed by atoms with Crippen molar-refractivity contribution in [3.05, 3.63) is 40.2 Å². The minimum absolute atomic E-state index is 0.174. The average Bonchev–Trinajstić information content (AvgIpc) is 2.75. The van der Waals surface area contributed by atoms with Crippen LogP contribution in [-0.2, 0) is 0 Å². The molecule has 1 atom stereocenters. The maximum absolute atomic E-state index is 13.6. The fourth-order valence-electron chi connectivity index (χ4n) is 2.06. The number of nitrogens with zero attached hydrogens (tertiary/aromatic N) is 1. The van der Waals surface area contributed by atoms with Crippen LogP contribution in [-0.4, -0.2) is 11.5 Å². The van der Waals surface area contributed by atoms with Gasteiger partial charge < -0.3 is 5.32 Å². The van der Waals surface area contributed by atoms with Gasteiger partial charge in [-0.1, -0.05) is 19.1 Å². The van der Waals surface area contributed by atoms with Crippen molar-refractivity contribution < 1.29 is 4.39 Å². The molecule has 0 saturated carbocycles. The van der Waals surface area contributed by atoms with E-state index in [1.807, 2.05) is 13.0 Å². The van der Waals surface area contributed by atoms with E-state index in [-0.39, 0.29) is 11.9 Å². The first kappa shape index (κ1) is 14.2. The lowest BCUT2D eigenvalue weighted by Gasteiger charge is -2.09. The smallest absolute Gasteiger partial charge is 0.126 e. The number of aryl methyl sites for hydroxylation is 2. The second-order valence-electron chi connectivity index (χ2n) is 4.71. The van der Waals surface area contributed by atoms with E-state index in [2.05, 4.69) is 24.1 Å². The van der Waals surface area contributed by atoms with Crippen LogP contribution in [0.15, 0.2) is 18.2 Å². The quantitative estimate of drug-likeness (QED) is 0.905. The van der Waals surface area contributed by atoms with Crippen LogP contribution in [0.2, 0.25) is 0 Å². The number of benzene rings is 1. The van der Waals surface area contributed by atoms with E-state index in [1.54, 1.807) is 30.4 Å². The molecule has 1 aromatic heterocycles. The zero-order valence-electron chi connectivity index (χ0n) is 11.7.